The largest absolute Gasteiger partial charge is 0.328 e. The SMILES string of the molecule is CC(N)CCc1cc(Br)cc([N+](=O)[O-])c1. The predicted octanol–water partition coefficient (Wildman–Crippen LogP) is 2.64. The van der Waals surface area contributed by atoms with Crippen molar-refractivity contribution in [2.24, 2.45) is 5.73 Å². The number of nitrogens with two attached hydrogens (primary N) is 1. The molecule has 1 aromatic rings. The maximum absolute atomic E-state index is 10.6. The Kier molecular flexibility index (Phi) is 4.23. The number of nitrogens with zero attached hydrogens (tertiary/aromatic N) is 1. The van der Waals surface area contributed by atoms with Crippen molar-refractivity contribution >= 4 is 21.6 Å². The Morgan fingerprint density at radius 3 is 2.73 bits per heavy atom. The first kappa shape index (κ1) is 12.1. The molecular formula is C10H13BrN2O2. The molecule has 0 radical (unpaired) electrons. The van der Waals surface area contributed by atoms with Crippen LogP contribution in [0.15, 0.2) is 22.7 Å². The van der Waals surface area contributed by atoms with Crippen molar-refractivity contribution < 1.29 is 4.92 Å². The summed E-state index contributed by atoms with van der Waals surface area (Å²) in [4.78, 5) is 10.2. The molecular weight excluding hydrogens is 260 g/mol. The van der Waals surface area contributed by atoms with Gasteiger partial charge in [0.25, 0.3) is 5.69 Å². The van der Waals surface area contributed by atoms with Gasteiger partial charge in [-0.2, -0.15) is 0 Å². The van der Waals surface area contributed by atoms with E-state index in [1.54, 1.807) is 6.07 Å². The van der Waals surface area contributed by atoms with Gasteiger partial charge < -0.3 is 5.73 Å². The summed E-state index contributed by atoms with van der Waals surface area (Å²) < 4.78 is 0.733. The lowest BCUT2D eigenvalue weighted by molar-refractivity contribution is -0.385. The van der Waals surface area contributed by atoms with E-state index in [2.05, 4.69) is 15.9 Å². The van der Waals surface area contributed by atoms with E-state index < -0.39 is 0 Å². The van der Waals surface area contributed by atoms with Gasteiger partial charge in [-0.15, -0.1) is 0 Å². The molecule has 82 valence electrons. The molecule has 0 fully saturated rings. The van der Waals surface area contributed by atoms with Gasteiger partial charge in [0, 0.05) is 22.6 Å². The molecule has 2 N–H and O–H groups in total. The molecule has 0 aromatic heterocycles. The fraction of sp³-hybridized carbons (Fsp3) is 0.400. The van der Waals surface area contributed by atoms with Crippen molar-refractivity contribution in [3.8, 4) is 0 Å². The first-order valence-electron chi connectivity index (χ1n) is 4.68. The molecule has 5 heteroatoms. The van der Waals surface area contributed by atoms with Crippen molar-refractivity contribution in [1.29, 1.82) is 0 Å². The molecule has 1 atom stereocenters. The number of rotatable bonds is 4. The molecule has 15 heavy (non-hydrogen) atoms. The van der Waals surface area contributed by atoms with Gasteiger partial charge in [0.1, 0.15) is 0 Å². The van der Waals surface area contributed by atoms with Crippen LogP contribution in [0.25, 0.3) is 0 Å². The first-order valence-corrected chi connectivity index (χ1v) is 5.48. The summed E-state index contributed by atoms with van der Waals surface area (Å²) in [6.07, 6.45) is 1.59. The number of hydrogen-bond acceptors (Lipinski definition) is 3. The smallest absolute Gasteiger partial charge is 0.270 e. The van der Waals surface area contributed by atoms with Crippen LogP contribution >= 0.6 is 15.9 Å². The highest BCUT2D eigenvalue weighted by Gasteiger charge is 2.08. The maximum atomic E-state index is 10.6. The molecule has 0 aliphatic heterocycles. The molecule has 4 nitrogen and oxygen atoms in total. The van der Waals surface area contributed by atoms with E-state index in [1.807, 2.05) is 13.0 Å². The number of aryl methyl sites for hydroxylation is 1. The molecule has 0 aliphatic rings. The average molecular weight is 273 g/mol. The lowest BCUT2D eigenvalue weighted by Gasteiger charge is -2.05. The summed E-state index contributed by atoms with van der Waals surface area (Å²) >= 11 is 3.25. The quantitative estimate of drug-likeness (QED) is 0.677. The van der Waals surface area contributed by atoms with E-state index in [0.717, 1.165) is 22.9 Å². The summed E-state index contributed by atoms with van der Waals surface area (Å²) in [6.45, 7) is 1.92. The second-order valence-corrected chi connectivity index (χ2v) is 4.51. The van der Waals surface area contributed by atoms with Gasteiger partial charge in [0.2, 0.25) is 0 Å². The Morgan fingerprint density at radius 2 is 2.20 bits per heavy atom. The van der Waals surface area contributed by atoms with Gasteiger partial charge in [0.05, 0.1) is 4.92 Å². The number of nitro groups is 1. The minimum atomic E-state index is -0.389. The third-order valence-electron chi connectivity index (χ3n) is 2.04. The molecule has 0 bridgehead atoms. The highest BCUT2D eigenvalue weighted by Crippen LogP contribution is 2.22. The molecule has 0 spiro atoms. The number of halogens is 1. The van der Waals surface area contributed by atoms with Crippen LogP contribution in [-0.2, 0) is 6.42 Å². The Morgan fingerprint density at radius 1 is 1.53 bits per heavy atom. The van der Waals surface area contributed by atoms with Crippen LogP contribution in [0.1, 0.15) is 18.9 Å². The molecule has 0 saturated carbocycles. The van der Waals surface area contributed by atoms with Gasteiger partial charge in [-0.25, -0.2) is 0 Å². The van der Waals surface area contributed by atoms with Gasteiger partial charge in [0.15, 0.2) is 0 Å². The maximum Gasteiger partial charge on any atom is 0.270 e. The lowest BCUT2D eigenvalue weighted by atomic mass is 10.1. The highest BCUT2D eigenvalue weighted by molar-refractivity contribution is 9.10. The van der Waals surface area contributed by atoms with E-state index in [0.29, 0.717) is 0 Å². The molecule has 1 unspecified atom stereocenters. The molecule has 0 aliphatic carbocycles. The van der Waals surface area contributed by atoms with Crippen molar-refractivity contribution in [2.75, 3.05) is 0 Å². The molecule has 0 amide bonds. The van der Waals surface area contributed by atoms with E-state index in [9.17, 15) is 10.1 Å². The average Bonchev–Trinajstić information content (AvgIpc) is 2.13. The van der Waals surface area contributed by atoms with Gasteiger partial charge >= 0.3 is 0 Å². The first-order chi connectivity index (χ1) is 6.99. The van der Waals surface area contributed by atoms with Crippen LogP contribution in [0.5, 0.6) is 0 Å². The lowest BCUT2D eigenvalue weighted by Crippen LogP contribution is -2.15. The summed E-state index contributed by atoms with van der Waals surface area (Å²) in [7, 11) is 0. The highest BCUT2D eigenvalue weighted by atomic mass is 79.9. The van der Waals surface area contributed by atoms with Gasteiger partial charge in [-0.05, 0) is 31.4 Å². The topological polar surface area (TPSA) is 69.2 Å². The number of nitro benzene ring substituents is 1. The minimum absolute atomic E-state index is 0.114. The van der Waals surface area contributed by atoms with Crippen LogP contribution in [0.2, 0.25) is 0 Å². The van der Waals surface area contributed by atoms with Crippen LogP contribution in [0, 0.1) is 10.1 Å². The van der Waals surface area contributed by atoms with Crippen molar-refractivity contribution in [1.82, 2.24) is 0 Å². The second-order valence-electron chi connectivity index (χ2n) is 3.59. The van der Waals surface area contributed by atoms with Crippen LogP contribution < -0.4 is 5.73 Å². The molecule has 1 aromatic carbocycles. The summed E-state index contributed by atoms with van der Waals surface area (Å²) in [5.41, 5.74) is 6.68. The zero-order valence-electron chi connectivity index (χ0n) is 8.44. The zero-order valence-corrected chi connectivity index (χ0v) is 10.0. The van der Waals surface area contributed by atoms with Crippen LogP contribution in [0.4, 0.5) is 5.69 Å². The zero-order chi connectivity index (χ0) is 11.4. The van der Waals surface area contributed by atoms with Crippen LogP contribution in [0.3, 0.4) is 0 Å². The molecule has 0 heterocycles. The molecule has 0 saturated heterocycles. The van der Waals surface area contributed by atoms with Crippen molar-refractivity contribution in [2.45, 2.75) is 25.8 Å². The van der Waals surface area contributed by atoms with E-state index in [4.69, 9.17) is 5.73 Å². The standard InChI is InChI=1S/C10H13BrN2O2/c1-7(12)2-3-8-4-9(11)6-10(5-8)13(14)15/h4-7H,2-3,12H2,1H3. The predicted molar refractivity (Wildman–Crippen MR) is 62.8 cm³/mol. The number of benzene rings is 1. The van der Waals surface area contributed by atoms with Crippen LogP contribution in [-0.4, -0.2) is 11.0 Å². The van der Waals surface area contributed by atoms with E-state index in [1.165, 1.54) is 6.07 Å². The summed E-state index contributed by atoms with van der Waals surface area (Å²) in [5.74, 6) is 0. The normalized spacial score (nSPS) is 12.5. The number of hydrogen-bond donors (Lipinski definition) is 1. The third-order valence-corrected chi connectivity index (χ3v) is 2.50. The number of non-ortho nitro benzene ring substituents is 1. The minimum Gasteiger partial charge on any atom is -0.328 e. The van der Waals surface area contributed by atoms with E-state index in [-0.39, 0.29) is 16.7 Å². The summed E-state index contributed by atoms with van der Waals surface area (Å²) in [5, 5.41) is 10.6. The fourth-order valence-electron chi connectivity index (χ4n) is 1.28. The van der Waals surface area contributed by atoms with E-state index >= 15 is 0 Å². The Hall–Kier alpha value is -0.940. The fourth-order valence-corrected chi connectivity index (χ4v) is 1.81. The van der Waals surface area contributed by atoms with Gasteiger partial charge in [-0.1, -0.05) is 15.9 Å². The third kappa shape index (κ3) is 3.97. The second kappa shape index (κ2) is 5.23. The Bertz CT molecular complexity index is 366. The van der Waals surface area contributed by atoms with Crippen molar-refractivity contribution in [3.05, 3.63) is 38.3 Å². The van der Waals surface area contributed by atoms with Crippen molar-refractivity contribution in [3.63, 3.8) is 0 Å². The summed E-state index contributed by atoms with van der Waals surface area (Å²) in [6, 6.07) is 5.08. The van der Waals surface area contributed by atoms with Gasteiger partial charge in [-0.3, -0.25) is 10.1 Å². The molecule has 1 rings (SSSR count). The Labute approximate surface area is 96.8 Å². The monoisotopic (exact) mass is 272 g/mol. The Balaban J connectivity index is 2.84.